The SMILES string of the molecule is Cc1cc(C)n2nc(CC(=O)N3CCSCC3)nc2n1. The summed E-state index contributed by atoms with van der Waals surface area (Å²) >= 11 is 1.89. The number of nitrogens with zero attached hydrogens (tertiary/aromatic N) is 5. The predicted molar refractivity (Wildman–Crippen MR) is 77.9 cm³/mol. The van der Waals surface area contributed by atoms with Gasteiger partial charge in [0.1, 0.15) is 0 Å². The van der Waals surface area contributed by atoms with Gasteiger partial charge in [-0.25, -0.2) is 9.50 Å². The van der Waals surface area contributed by atoms with E-state index >= 15 is 0 Å². The van der Waals surface area contributed by atoms with Gasteiger partial charge in [-0.05, 0) is 19.9 Å². The van der Waals surface area contributed by atoms with Crippen LogP contribution in [0.4, 0.5) is 0 Å². The maximum absolute atomic E-state index is 12.2. The molecule has 0 aromatic carbocycles. The zero-order valence-electron chi connectivity index (χ0n) is 11.7. The largest absolute Gasteiger partial charge is 0.341 e. The molecule has 1 amide bonds. The number of thioether (sulfide) groups is 1. The summed E-state index contributed by atoms with van der Waals surface area (Å²) in [4.78, 5) is 22.8. The molecule has 3 rings (SSSR count). The molecular weight excluding hydrogens is 274 g/mol. The summed E-state index contributed by atoms with van der Waals surface area (Å²) in [5, 5.41) is 4.38. The molecule has 6 nitrogen and oxygen atoms in total. The first-order valence-electron chi connectivity index (χ1n) is 6.69. The third-order valence-electron chi connectivity index (χ3n) is 3.34. The van der Waals surface area contributed by atoms with Gasteiger partial charge in [0.25, 0.3) is 5.78 Å². The number of rotatable bonds is 2. The second-order valence-corrected chi connectivity index (χ2v) is 6.17. The van der Waals surface area contributed by atoms with Gasteiger partial charge in [-0.1, -0.05) is 0 Å². The van der Waals surface area contributed by atoms with Crippen LogP contribution in [-0.4, -0.2) is 55.0 Å². The quantitative estimate of drug-likeness (QED) is 0.821. The van der Waals surface area contributed by atoms with Gasteiger partial charge in [-0.15, -0.1) is 5.10 Å². The van der Waals surface area contributed by atoms with Crippen LogP contribution in [0.15, 0.2) is 6.07 Å². The molecule has 0 saturated carbocycles. The lowest BCUT2D eigenvalue weighted by Crippen LogP contribution is -2.38. The topological polar surface area (TPSA) is 63.4 Å². The third-order valence-corrected chi connectivity index (χ3v) is 4.28. The lowest BCUT2D eigenvalue weighted by Gasteiger charge is -2.25. The molecule has 0 unspecified atom stereocenters. The van der Waals surface area contributed by atoms with Crippen molar-refractivity contribution in [1.29, 1.82) is 0 Å². The summed E-state index contributed by atoms with van der Waals surface area (Å²) in [7, 11) is 0. The Balaban J connectivity index is 1.80. The molecule has 7 heteroatoms. The van der Waals surface area contributed by atoms with Gasteiger partial charge in [0.05, 0.1) is 6.42 Å². The molecule has 0 N–H and O–H groups in total. The van der Waals surface area contributed by atoms with E-state index < -0.39 is 0 Å². The number of aryl methyl sites for hydroxylation is 2. The van der Waals surface area contributed by atoms with E-state index in [2.05, 4.69) is 15.1 Å². The second-order valence-electron chi connectivity index (χ2n) is 4.95. The van der Waals surface area contributed by atoms with Crippen LogP contribution >= 0.6 is 11.8 Å². The Morgan fingerprint density at radius 1 is 1.30 bits per heavy atom. The van der Waals surface area contributed by atoms with E-state index in [1.54, 1.807) is 4.52 Å². The summed E-state index contributed by atoms with van der Waals surface area (Å²) in [6.07, 6.45) is 0.256. The van der Waals surface area contributed by atoms with Crippen LogP contribution in [0.2, 0.25) is 0 Å². The Morgan fingerprint density at radius 3 is 2.80 bits per heavy atom. The fourth-order valence-electron chi connectivity index (χ4n) is 2.34. The molecule has 0 atom stereocenters. The Bertz CT molecular complexity index is 647. The van der Waals surface area contributed by atoms with E-state index in [1.165, 1.54) is 0 Å². The molecule has 2 aromatic heterocycles. The predicted octanol–water partition coefficient (Wildman–Crippen LogP) is 0.859. The molecule has 1 aliphatic rings. The normalized spacial score (nSPS) is 15.8. The van der Waals surface area contributed by atoms with Crippen LogP contribution < -0.4 is 0 Å². The maximum atomic E-state index is 12.2. The Morgan fingerprint density at radius 2 is 2.05 bits per heavy atom. The number of carbonyl (C=O) groups excluding carboxylic acids is 1. The van der Waals surface area contributed by atoms with E-state index in [9.17, 15) is 4.79 Å². The minimum atomic E-state index is 0.107. The molecule has 0 radical (unpaired) electrons. The van der Waals surface area contributed by atoms with Crippen molar-refractivity contribution >= 4 is 23.4 Å². The lowest BCUT2D eigenvalue weighted by atomic mass is 10.3. The molecule has 106 valence electrons. The number of aromatic nitrogens is 4. The van der Waals surface area contributed by atoms with Crippen molar-refractivity contribution in [2.75, 3.05) is 24.6 Å². The van der Waals surface area contributed by atoms with Crippen LogP contribution in [0.5, 0.6) is 0 Å². The lowest BCUT2D eigenvalue weighted by molar-refractivity contribution is -0.130. The maximum Gasteiger partial charge on any atom is 0.252 e. The number of fused-ring (bicyclic) bond motifs is 1. The highest BCUT2D eigenvalue weighted by atomic mass is 32.2. The standard InChI is InChI=1S/C13H17N5OS/c1-9-7-10(2)18-13(14-9)15-11(16-18)8-12(19)17-3-5-20-6-4-17/h7H,3-6,8H2,1-2H3. The van der Waals surface area contributed by atoms with E-state index in [4.69, 9.17) is 0 Å². The van der Waals surface area contributed by atoms with E-state index in [-0.39, 0.29) is 12.3 Å². The van der Waals surface area contributed by atoms with Crippen molar-refractivity contribution < 1.29 is 4.79 Å². The minimum absolute atomic E-state index is 0.107. The van der Waals surface area contributed by atoms with Crippen LogP contribution in [0.3, 0.4) is 0 Å². The fourth-order valence-corrected chi connectivity index (χ4v) is 3.25. The molecule has 2 aromatic rings. The van der Waals surface area contributed by atoms with Crippen molar-refractivity contribution in [2.45, 2.75) is 20.3 Å². The molecule has 1 saturated heterocycles. The van der Waals surface area contributed by atoms with Crippen molar-refractivity contribution in [3.8, 4) is 0 Å². The Labute approximate surface area is 121 Å². The van der Waals surface area contributed by atoms with Crippen molar-refractivity contribution in [2.24, 2.45) is 0 Å². The fraction of sp³-hybridized carbons (Fsp3) is 0.538. The highest BCUT2D eigenvalue weighted by molar-refractivity contribution is 7.99. The van der Waals surface area contributed by atoms with E-state index in [0.29, 0.717) is 11.6 Å². The van der Waals surface area contributed by atoms with Crippen molar-refractivity contribution in [1.82, 2.24) is 24.5 Å². The summed E-state index contributed by atoms with van der Waals surface area (Å²) < 4.78 is 1.70. The molecule has 20 heavy (non-hydrogen) atoms. The Hall–Kier alpha value is -1.63. The molecule has 0 aliphatic carbocycles. The first-order chi connectivity index (χ1) is 9.63. The monoisotopic (exact) mass is 291 g/mol. The number of hydrogen-bond acceptors (Lipinski definition) is 5. The summed E-state index contributed by atoms with van der Waals surface area (Å²) in [6.45, 7) is 5.54. The van der Waals surface area contributed by atoms with E-state index in [1.807, 2.05) is 36.6 Å². The smallest absolute Gasteiger partial charge is 0.252 e. The van der Waals surface area contributed by atoms with Gasteiger partial charge in [-0.3, -0.25) is 4.79 Å². The van der Waals surface area contributed by atoms with Crippen LogP contribution in [0, 0.1) is 13.8 Å². The average Bonchev–Trinajstić information content (AvgIpc) is 2.82. The first kappa shape index (κ1) is 13.4. The van der Waals surface area contributed by atoms with Gasteiger partial charge in [0.15, 0.2) is 5.82 Å². The van der Waals surface area contributed by atoms with Crippen LogP contribution in [-0.2, 0) is 11.2 Å². The molecule has 3 heterocycles. The van der Waals surface area contributed by atoms with Gasteiger partial charge in [0, 0.05) is 36.0 Å². The molecule has 0 bridgehead atoms. The van der Waals surface area contributed by atoms with Crippen molar-refractivity contribution in [3.05, 3.63) is 23.3 Å². The van der Waals surface area contributed by atoms with Crippen LogP contribution in [0.25, 0.3) is 5.78 Å². The number of hydrogen-bond donors (Lipinski definition) is 0. The van der Waals surface area contributed by atoms with Gasteiger partial charge in [-0.2, -0.15) is 16.7 Å². The van der Waals surface area contributed by atoms with Gasteiger partial charge < -0.3 is 4.90 Å². The second kappa shape index (κ2) is 5.40. The molecular formula is C13H17N5OS. The molecule has 0 spiro atoms. The van der Waals surface area contributed by atoms with Gasteiger partial charge >= 0.3 is 0 Å². The zero-order valence-corrected chi connectivity index (χ0v) is 12.5. The summed E-state index contributed by atoms with van der Waals surface area (Å²) in [6, 6.07) is 1.95. The highest BCUT2D eigenvalue weighted by Gasteiger charge is 2.19. The first-order valence-corrected chi connectivity index (χ1v) is 7.84. The molecule has 1 fully saturated rings. The zero-order chi connectivity index (χ0) is 14.1. The average molecular weight is 291 g/mol. The summed E-state index contributed by atoms with van der Waals surface area (Å²) in [5.41, 5.74) is 1.89. The molecule has 1 aliphatic heterocycles. The number of amides is 1. The van der Waals surface area contributed by atoms with E-state index in [0.717, 1.165) is 36.0 Å². The van der Waals surface area contributed by atoms with Gasteiger partial charge in [0.2, 0.25) is 5.91 Å². The number of carbonyl (C=O) groups is 1. The third kappa shape index (κ3) is 2.63. The van der Waals surface area contributed by atoms with Crippen LogP contribution in [0.1, 0.15) is 17.2 Å². The highest BCUT2D eigenvalue weighted by Crippen LogP contribution is 2.11. The minimum Gasteiger partial charge on any atom is -0.341 e. The Kier molecular flexibility index (Phi) is 3.60. The van der Waals surface area contributed by atoms with Crippen molar-refractivity contribution in [3.63, 3.8) is 0 Å². The summed E-state index contributed by atoms with van der Waals surface area (Å²) in [5.74, 6) is 3.26.